The molecule has 0 saturated heterocycles. The van der Waals surface area contributed by atoms with Crippen LogP contribution in [-0.4, -0.2) is 10.2 Å². The van der Waals surface area contributed by atoms with Gasteiger partial charge in [-0.3, -0.25) is 0 Å². The van der Waals surface area contributed by atoms with Crippen molar-refractivity contribution >= 4 is 0 Å². The zero-order chi connectivity index (χ0) is 27.1. The third-order valence-electron chi connectivity index (χ3n) is 7.13. The van der Waals surface area contributed by atoms with Crippen LogP contribution in [0.3, 0.4) is 0 Å². The van der Waals surface area contributed by atoms with Gasteiger partial charge in [0.25, 0.3) is 0 Å². The van der Waals surface area contributed by atoms with Gasteiger partial charge in [0.2, 0.25) is 0 Å². The molecule has 0 aliphatic rings. The lowest BCUT2D eigenvalue weighted by molar-refractivity contribution is 0.463. The highest BCUT2D eigenvalue weighted by atomic mass is 16.3. The van der Waals surface area contributed by atoms with Crippen LogP contribution >= 0.6 is 0 Å². The second-order valence-electron chi connectivity index (χ2n) is 12.5. The molecule has 2 nitrogen and oxygen atoms in total. The number of aryl methyl sites for hydroxylation is 2. The van der Waals surface area contributed by atoms with Crippen molar-refractivity contribution < 1.29 is 10.2 Å². The summed E-state index contributed by atoms with van der Waals surface area (Å²) in [6.45, 7) is 17.6. The van der Waals surface area contributed by atoms with Gasteiger partial charge in [-0.2, -0.15) is 0 Å². The van der Waals surface area contributed by atoms with Crippen molar-refractivity contribution in [3.05, 3.63) is 106 Å². The lowest BCUT2D eigenvalue weighted by atomic mass is 9.80. The summed E-state index contributed by atoms with van der Waals surface area (Å²) in [5, 5.41) is 21.6. The SMILES string of the molecule is Cc1ccc(-c2ccc(O)c(Cc3cc(-c4ccc(C)cc4C(C)(C)C)ccc3O)c2)c(C(C)(C)C)c1. The topological polar surface area (TPSA) is 40.5 Å². The molecule has 192 valence electrons. The lowest BCUT2D eigenvalue weighted by Crippen LogP contribution is -2.13. The Bertz CT molecular complexity index is 1330. The molecule has 0 aliphatic carbocycles. The second-order valence-corrected chi connectivity index (χ2v) is 12.5. The zero-order valence-electron chi connectivity index (χ0n) is 23.5. The Hall–Kier alpha value is -3.52. The van der Waals surface area contributed by atoms with Crippen LogP contribution in [0.5, 0.6) is 11.5 Å². The molecular formula is C35H40O2. The van der Waals surface area contributed by atoms with Crippen LogP contribution in [0.2, 0.25) is 0 Å². The van der Waals surface area contributed by atoms with E-state index in [-0.39, 0.29) is 22.3 Å². The molecule has 0 aromatic heterocycles. The van der Waals surface area contributed by atoms with Gasteiger partial charge >= 0.3 is 0 Å². The standard InChI is InChI=1S/C35H40O2/c1-22-9-13-28(30(17-22)34(3,4)5)24-11-15-32(36)26(19-24)21-27-20-25(12-16-33(27)37)29-14-10-23(2)18-31(29)35(6,7)8/h9-20,36-37H,21H2,1-8H3. The van der Waals surface area contributed by atoms with Gasteiger partial charge in [-0.05, 0) is 93.5 Å². The van der Waals surface area contributed by atoms with Gasteiger partial charge in [0.1, 0.15) is 11.5 Å². The van der Waals surface area contributed by atoms with Crippen molar-refractivity contribution in [2.24, 2.45) is 0 Å². The Morgan fingerprint density at radius 3 is 1.24 bits per heavy atom. The minimum Gasteiger partial charge on any atom is -0.508 e. The highest BCUT2D eigenvalue weighted by molar-refractivity contribution is 5.73. The molecule has 0 saturated carbocycles. The van der Waals surface area contributed by atoms with Crippen molar-refractivity contribution in [2.45, 2.75) is 72.6 Å². The van der Waals surface area contributed by atoms with Crippen molar-refractivity contribution in [3.8, 4) is 33.8 Å². The number of benzene rings is 4. The number of aromatic hydroxyl groups is 2. The number of phenols is 2. The molecule has 0 radical (unpaired) electrons. The summed E-state index contributed by atoms with van der Waals surface area (Å²) in [6.07, 6.45) is 0.437. The quantitative estimate of drug-likeness (QED) is 0.298. The van der Waals surface area contributed by atoms with E-state index in [1.54, 1.807) is 12.1 Å². The first-order valence-electron chi connectivity index (χ1n) is 13.1. The van der Waals surface area contributed by atoms with Crippen LogP contribution in [-0.2, 0) is 17.3 Å². The molecule has 0 fully saturated rings. The molecule has 2 N–H and O–H groups in total. The van der Waals surface area contributed by atoms with E-state index in [2.05, 4.69) is 104 Å². The van der Waals surface area contributed by atoms with Crippen LogP contribution in [0.15, 0.2) is 72.8 Å². The molecule has 37 heavy (non-hydrogen) atoms. The second kappa shape index (κ2) is 9.74. The van der Waals surface area contributed by atoms with Gasteiger partial charge in [-0.25, -0.2) is 0 Å². The Balaban J connectivity index is 1.78. The molecule has 0 heterocycles. The van der Waals surface area contributed by atoms with Crippen LogP contribution in [0.1, 0.15) is 74.9 Å². The maximum absolute atomic E-state index is 10.8. The molecule has 0 amide bonds. The fourth-order valence-electron chi connectivity index (χ4n) is 5.06. The van der Waals surface area contributed by atoms with Crippen LogP contribution in [0.4, 0.5) is 0 Å². The van der Waals surface area contributed by atoms with E-state index in [0.717, 1.165) is 22.3 Å². The predicted octanol–water partition coefficient (Wildman–Crippen LogP) is 9.23. The van der Waals surface area contributed by atoms with Gasteiger partial charge in [0.15, 0.2) is 0 Å². The minimum absolute atomic E-state index is 0.00912. The molecule has 0 unspecified atom stereocenters. The summed E-state index contributed by atoms with van der Waals surface area (Å²) in [5.41, 5.74) is 11.1. The molecule has 0 atom stereocenters. The van der Waals surface area contributed by atoms with Gasteiger partial charge in [-0.1, -0.05) is 101 Å². The lowest BCUT2D eigenvalue weighted by Gasteiger charge is -2.24. The summed E-state index contributed by atoms with van der Waals surface area (Å²) in [5.74, 6) is 0.479. The Kier molecular flexibility index (Phi) is 6.99. The van der Waals surface area contributed by atoms with E-state index < -0.39 is 0 Å². The van der Waals surface area contributed by atoms with Crippen molar-refractivity contribution in [1.82, 2.24) is 0 Å². The van der Waals surface area contributed by atoms with E-state index in [4.69, 9.17) is 0 Å². The molecule has 4 aromatic carbocycles. The Morgan fingerprint density at radius 1 is 0.514 bits per heavy atom. The summed E-state index contributed by atoms with van der Waals surface area (Å²) >= 11 is 0. The summed E-state index contributed by atoms with van der Waals surface area (Å²) in [4.78, 5) is 0. The van der Waals surface area contributed by atoms with E-state index in [1.807, 2.05) is 12.1 Å². The fraction of sp³-hybridized carbons (Fsp3) is 0.314. The number of rotatable bonds is 4. The first-order valence-corrected chi connectivity index (χ1v) is 13.1. The average Bonchev–Trinajstić information content (AvgIpc) is 2.81. The van der Waals surface area contributed by atoms with Gasteiger partial charge in [0.05, 0.1) is 0 Å². The molecular weight excluding hydrogens is 452 g/mol. The largest absolute Gasteiger partial charge is 0.508 e. The maximum Gasteiger partial charge on any atom is 0.119 e. The predicted molar refractivity (Wildman–Crippen MR) is 157 cm³/mol. The van der Waals surface area contributed by atoms with E-state index in [9.17, 15) is 10.2 Å². The van der Waals surface area contributed by atoms with Gasteiger partial charge in [0, 0.05) is 6.42 Å². The summed E-state index contributed by atoms with van der Waals surface area (Å²) < 4.78 is 0. The average molecular weight is 493 g/mol. The first-order chi connectivity index (χ1) is 17.2. The van der Waals surface area contributed by atoms with E-state index >= 15 is 0 Å². The van der Waals surface area contributed by atoms with Crippen LogP contribution in [0.25, 0.3) is 22.3 Å². The van der Waals surface area contributed by atoms with Crippen molar-refractivity contribution in [1.29, 1.82) is 0 Å². The third-order valence-corrected chi connectivity index (χ3v) is 7.13. The number of phenolic OH excluding ortho intramolecular Hbond substituents is 2. The smallest absolute Gasteiger partial charge is 0.119 e. The molecule has 4 rings (SSSR count). The third kappa shape index (κ3) is 5.74. The highest BCUT2D eigenvalue weighted by Crippen LogP contribution is 2.38. The number of hydrogen-bond acceptors (Lipinski definition) is 2. The first kappa shape index (κ1) is 26.5. The monoisotopic (exact) mass is 492 g/mol. The zero-order valence-corrected chi connectivity index (χ0v) is 23.5. The maximum atomic E-state index is 10.8. The summed E-state index contributed by atoms with van der Waals surface area (Å²) in [6, 6.07) is 24.8. The minimum atomic E-state index is -0.00912. The fourth-order valence-corrected chi connectivity index (χ4v) is 5.06. The normalized spacial score (nSPS) is 12.1. The van der Waals surface area contributed by atoms with E-state index in [0.29, 0.717) is 6.42 Å². The van der Waals surface area contributed by atoms with Gasteiger partial charge < -0.3 is 10.2 Å². The Labute approximate surface area is 222 Å². The van der Waals surface area contributed by atoms with Crippen LogP contribution in [0, 0.1) is 13.8 Å². The Morgan fingerprint density at radius 2 is 0.892 bits per heavy atom. The van der Waals surface area contributed by atoms with Gasteiger partial charge in [-0.15, -0.1) is 0 Å². The van der Waals surface area contributed by atoms with Crippen molar-refractivity contribution in [3.63, 3.8) is 0 Å². The highest BCUT2D eigenvalue weighted by Gasteiger charge is 2.21. The molecule has 0 aliphatic heterocycles. The summed E-state index contributed by atoms with van der Waals surface area (Å²) in [7, 11) is 0. The van der Waals surface area contributed by atoms with Crippen LogP contribution < -0.4 is 0 Å². The molecule has 0 spiro atoms. The number of hydrogen-bond donors (Lipinski definition) is 2. The molecule has 2 heteroatoms. The van der Waals surface area contributed by atoms with Crippen molar-refractivity contribution in [2.75, 3.05) is 0 Å². The molecule has 4 aromatic rings. The van der Waals surface area contributed by atoms with E-state index in [1.165, 1.54) is 33.4 Å². The molecule has 0 bridgehead atoms.